The van der Waals surface area contributed by atoms with Crippen molar-refractivity contribution in [2.45, 2.75) is 105 Å². The summed E-state index contributed by atoms with van der Waals surface area (Å²) in [6.07, 6.45) is 6.98. The molecule has 1 atom stereocenters. The van der Waals surface area contributed by atoms with E-state index in [4.69, 9.17) is 14.5 Å². The van der Waals surface area contributed by atoms with Crippen LogP contribution >= 0.6 is 0 Å². The Hall–Kier alpha value is -3.98. The van der Waals surface area contributed by atoms with Gasteiger partial charge >= 0.3 is 5.97 Å². The van der Waals surface area contributed by atoms with Gasteiger partial charge in [-0.25, -0.2) is 14.2 Å². The summed E-state index contributed by atoms with van der Waals surface area (Å²) in [6.45, 7) is 14.3. The van der Waals surface area contributed by atoms with Crippen molar-refractivity contribution in [1.29, 1.82) is 0 Å². The predicted molar refractivity (Wildman–Crippen MR) is 200 cm³/mol. The summed E-state index contributed by atoms with van der Waals surface area (Å²) >= 11 is 0. The van der Waals surface area contributed by atoms with Crippen LogP contribution in [0, 0.1) is 24.1 Å². The van der Waals surface area contributed by atoms with E-state index >= 15 is 0 Å². The molecule has 0 spiro atoms. The monoisotopic (exact) mass is 701 g/mol. The Labute approximate surface area is 303 Å². The van der Waals surface area contributed by atoms with Gasteiger partial charge in [-0.05, 0) is 100 Å². The first-order chi connectivity index (χ1) is 24.1. The molecule has 2 heterocycles. The summed E-state index contributed by atoms with van der Waals surface area (Å²) in [5, 5.41) is 10.7. The molecular formula is C42H56FN3O5. The Bertz CT molecular complexity index is 1650. The van der Waals surface area contributed by atoms with E-state index in [0.29, 0.717) is 72.5 Å². The van der Waals surface area contributed by atoms with Crippen molar-refractivity contribution in [1.82, 2.24) is 9.88 Å². The molecule has 0 bridgehead atoms. The zero-order valence-corrected chi connectivity index (χ0v) is 31.6. The average Bonchev–Trinajstić information content (AvgIpc) is 3.08. The summed E-state index contributed by atoms with van der Waals surface area (Å²) in [7, 11) is 1.86. The van der Waals surface area contributed by atoms with Crippen molar-refractivity contribution in [2.75, 3.05) is 38.2 Å². The minimum atomic E-state index is -1.29. The summed E-state index contributed by atoms with van der Waals surface area (Å²) in [5.41, 5.74) is 3.72. The number of carbonyl (C=O) groups is 2. The summed E-state index contributed by atoms with van der Waals surface area (Å²) in [5.74, 6) is -0.438. The van der Waals surface area contributed by atoms with Gasteiger partial charge in [-0.1, -0.05) is 57.4 Å². The molecule has 1 unspecified atom stereocenters. The highest BCUT2D eigenvalue weighted by Gasteiger charge is 2.38. The van der Waals surface area contributed by atoms with Crippen molar-refractivity contribution < 1.29 is 28.6 Å². The summed E-state index contributed by atoms with van der Waals surface area (Å²) < 4.78 is 25.7. The van der Waals surface area contributed by atoms with Crippen LogP contribution in [-0.4, -0.2) is 65.8 Å². The van der Waals surface area contributed by atoms with Crippen molar-refractivity contribution in [3.63, 3.8) is 0 Å². The fourth-order valence-electron chi connectivity index (χ4n) is 7.37. The Kier molecular flexibility index (Phi) is 12.1. The number of piperidine rings is 1. The van der Waals surface area contributed by atoms with E-state index in [0.717, 1.165) is 36.8 Å². The highest BCUT2D eigenvalue weighted by atomic mass is 19.1. The van der Waals surface area contributed by atoms with Gasteiger partial charge in [0, 0.05) is 49.9 Å². The second kappa shape index (κ2) is 16.1. The molecule has 5 rings (SSSR count). The molecule has 1 amide bonds. The van der Waals surface area contributed by atoms with Crippen LogP contribution in [0.1, 0.15) is 113 Å². The van der Waals surface area contributed by atoms with Crippen molar-refractivity contribution >= 4 is 17.6 Å². The van der Waals surface area contributed by atoms with Crippen molar-refractivity contribution in [3.05, 3.63) is 76.9 Å². The van der Waals surface area contributed by atoms with E-state index < -0.39 is 17.7 Å². The SMILES string of the molecule is Cc1nc(C(=O)N(C)CC2CCCCC2)c(-c2ccc(OCCc3ccc(F)cc3)cc2)c(N2CCC(C)(C)CC2)c1C(OC(C)(C)C)C(=O)O. The topological polar surface area (TPSA) is 92.2 Å². The number of hydrogen-bond acceptors (Lipinski definition) is 6. The maximum atomic E-state index is 14.6. The lowest BCUT2D eigenvalue weighted by molar-refractivity contribution is -0.160. The van der Waals surface area contributed by atoms with Gasteiger partial charge in [-0.15, -0.1) is 0 Å². The third kappa shape index (κ3) is 9.88. The first-order valence-corrected chi connectivity index (χ1v) is 18.5. The number of carboxylic acid groups (broad SMARTS) is 1. The number of halogens is 1. The van der Waals surface area contributed by atoms with Crippen LogP contribution in [0.4, 0.5) is 10.1 Å². The molecule has 1 N–H and O–H groups in total. The van der Waals surface area contributed by atoms with E-state index in [2.05, 4.69) is 18.7 Å². The molecule has 2 aromatic carbocycles. The third-order valence-corrected chi connectivity index (χ3v) is 10.3. The van der Waals surface area contributed by atoms with E-state index in [1.54, 1.807) is 24.0 Å². The number of anilines is 1. The van der Waals surface area contributed by atoms with Crippen LogP contribution in [0.2, 0.25) is 0 Å². The van der Waals surface area contributed by atoms with Crippen molar-refractivity contribution in [3.8, 4) is 16.9 Å². The van der Waals surface area contributed by atoms with Gasteiger partial charge in [-0.2, -0.15) is 0 Å². The second-order valence-electron chi connectivity index (χ2n) is 16.2. The Morgan fingerprint density at radius 1 is 1.02 bits per heavy atom. The first-order valence-electron chi connectivity index (χ1n) is 18.5. The van der Waals surface area contributed by atoms with Crippen molar-refractivity contribution in [2.24, 2.45) is 11.3 Å². The van der Waals surface area contributed by atoms with E-state index in [9.17, 15) is 19.1 Å². The minimum Gasteiger partial charge on any atom is -0.493 e. The van der Waals surface area contributed by atoms with Crippen LogP contribution in [0.25, 0.3) is 11.1 Å². The van der Waals surface area contributed by atoms with Gasteiger partial charge < -0.3 is 24.4 Å². The molecule has 1 aromatic heterocycles. The van der Waals surface area contributed by atoms with Crippen LogP contribution in [0.15, 0.2) is 48.5 Å². The maximum Gasteiger partial charge on any atom is 0.337 e. The number of hydrogen-bond donors (Lipinski definition) is 1. The molecule has 2 fully saturated rings. The quantitative estimate of drug-likeness (QED) is 0.202. The van der Waals surface area contributed by atoms with E-state index in [1.807, 2.05) is 52.1 Å². The zero-order chi connectivity index (χ0) is 36.9. The smallest absolute Gasteiger partial charge is 0.337 e. The number of carboxylic acids is 1. The lowest BCUT2D eigenvalue weighted by Gasteiger charge is -2.41. The highest BCUT2D eigenvalue weighted by molar-refractivity contribution is 6.03. The van der Waals surface area contributed by atoms with E-state index in [1.165, 1.54) is 31.4 Å². The van der Waals surface area contributed by atoms with Crippen LogP contribution in [0.5, 0.6) is 5.75 Å². The molecule has 1 aliphatic heterocycles. The molecule has 1 saturated carbocycles. The molecule has 276 valence electrons. The number of aryl methyl sites for hydroxylation is 1. The number of nitrogens with zero attached hydrogens (tertiary/aromatic N) is 3. The lowest BCUT2D eigenvalue weighted by Crippen LogP contribution is -2.40. The molecular weight excluding hydrogens is 645 g/mol. The molecule has 2 aliphatic rings. The third-order valence-electron chi connectivity index (χ3n) is 10.3. The number of carbonyl (C=O) groups excluding carboxylic acids is 1. The van der Waals surface area contributed by atoms with Gasteiger partial charge in [-0.3, -0.25) is 4.79 Å². The zero-order valence-electron chi connectivity index (χ0n) is 31.6. The van der Waals surface area contributed by atoms with Gasteiger partial charge in [0.1, 0.15) is 17.3 Å². The summed E-state index contributed by atoms with van der Waals surface area (Å²) in [4.78, 5) is 36.6. The number of aromatic nitrogens is 1. The number of ether oxygens (including phenoxy) is 2. The van der Waals surface area contributed by atoms with Gasteiger partial charge in [0.25, 0.3) is 5.91 Å². The van der Waals surface area contributed by atoms with Crippen LogP contribution < -0.4 is 9.64 Å². The molecule has 9 heteroatoms. The van der Waals surface area contributed by atoms with Crippen LogP contribution in [0.3, 0.4) is 0 Å². The largest absolute Gasteiger partial charge is 0.493 e. The Morgan fingerprint density at radius 3 is 2.24 bits per heavy atom. The fraction of sp³-hybridized carbons (Fsp3) is 0.548. The van der Waals surface area contributed by atoms with Gasteiger partial charge in [0.2, 0.25) is 0 Å². The summed E-state index contributed by atoms with van der Waals surface area (Å²) in [6, 6.07) is 14.0. The predicted octanol–water partition coefficient (Wildman–Crippen LogP) is 9.04. The Balaban J connectivity index is 1.61. The maximum absolute atomic E-state index is 14.6. The average molecular weight is 702 g/mol. The highest BCUT2D eigenvalue weighted by Crippen LogP contribution is 2.45. The Morgan fingerprint density at radius 2 is 1.65 bits per heavy atom. The fourth-order valence-corrected chi connectivity index (χ4v) is 7.37. The normalized spacial score (nSPS) is 17.2. The first kappa shape index (κ1) is 38.3. The molecule has 1 aliphatic carbocycles. The second-order valence-corrected chi connectivity index (χ2v) is 16.2. The lowest BCUT2D eigenvalue weighted by atomic mass is 9.81. The number of aliphatic carboxylic acids is 1. The molecule has 8 nitrogen and oxygen atoms in total. The van der Waals surface area contributed by atoms with Gasteiger partial charge in [0.15, 0.2) is 6.10 Å². The number of rotatable bonds is 12. The number of amides is 1. The molecule has 1 saturated heterocycles. The standard InChI is InChI=1S/C42H56FN3O5/c1-28-34(38(40(48)49)51-41(2,3)4)37(46-24-22-42(5,6)23-25-46)35(36(44-28)39(47)45(7)27-30-11-9-8-10-12-30)31-15-19-33(20-16-31)50-26-21-29-13-17-32(43)18-14-29/h13-20,30,38H,8-12,21-27H2,1-7H3,(H,48,49). The number of pyridine rings is 1. The van der Waals surface area contributed by atoms with Crippen LogP contribution in [-0.2, 0) is 16.0 Å². The molecule has 51 heavy (non-hydrogen) atoms. The molecule has 3 aromatic rings. The number of benzene rings is 2. The minimum absolute atomic E-state index is 0.138. The van der Waals surface area contributed by atoms with Gasteiger partial charge in [0.05, 0.1) is 17.9 Å². The van der Waals surface area contributed by atoms with E-state index in [-0.39, 0.29) is 17.1 Å². The molecule has 0 radical (unpaired) electrons.